The largest absolute Gasteiger partial charge is 0.493 e. The van der Waals surface area contributed by atoms with Crippen LogP contribution in [0.2, 0.25) is 0 Å². The third kappa shape index (κ3) is 12.1. The number of nitrogens with zero attached hydrogens (tertiary/aromatic N) is 16. The lowest BCUT2D eigenvalue weighted by Gasteiger charge is -2.49. The van der Waals surface area contributed by atoms with Gasteiger partial charge in [0, 0.05) is 48.4 Å². The van der Waals surface area contributed by atoms with Crippen molar-refractivity contribution in [2.75, 3.05) is 116 Å². The minimum absolute atomic E-state index is 0.145. The van der Waals surface area contributed by atoms with Crippen molar-refractivity contribution in [2.45, 2.75) is 127 Å². The topological polar surface area (TPSA) is 547 Å². The summed E-state index contributed by atoms with van der Waals surface area (Å²) in [7, 11) is -17.6. The van der Waals surface area contributed by atoms with Gasteiger partial charge < -0.3 is 41.9 Å². The van der Waals surface area contributed by atoms with Gasteiger partial charge in [0.05, 0.1) is 75.6 Å². The lowest BCUT2D eigenvalue weighted by atomic mass is 9.90. The van der Waals surface area contributed by atoms with E-state index in [-0.39, 0.29) is 101 Å². The molecule has 0 spiro atoms. The number of benzene rings is 4. The van der Waals surface area contributed by atoms with Crippen molar-refractivity contribution >= 4 is 110 Å². The fraction of sp³-hybridized carbons (Fsp3) is 0.576. The summed E-state index contributed by atoms with van der Waals surface area (Å²) >= 11 is 0. The monoisotopic (exact) mass is 1670 g/mol. The zero-order valence-corrected chi connectivity index (χ0v) is 65.6. The van der Waals surface area contributed by atoms with Crippen LogP contribution in [0.5, 0.6) is 23.0 Å². The summed E-state index contributed by atoms with van der Waals surface area (Å²) in [6, 6.07) is 7.49. The fourth-order valence-corrected chi connectivity index (χ4v) is 20.5. The molecule has 11 fully saturated rings. The first kappa shape index (κ1) is 79.5. The standard InChI is InChI=1S/C62H72N16O24S4.2C2H8N2/c1-59-61(3)75-31-67-49-47-63(51(67)79)29-65-48-50-69(53(65)81)33-77-57(85)73-27-39-43(101-19-7-23-105(93,94)95)15-11-36-12-16-44(102-20-8-24-106(96,97)98)40(46(36)39)28-74-58(86)78(62(77,4)60(73,74)2)34-70(50)54(82)66(48)30-64(47)52(80)68(49)32-76(61)56(84)72(59)26-38-42(100-18-6-22-104(90,91)92)14-10-35-9-13-41(99-17-5-21-103(87,88)89)37(45(35)38)25-71(59)55(75)83;2*3-1-2-4/h9-16,47-50H,5-8,17-34H2,1-4H3,(H,87,88,89)(H,90,91,92)(H,93,94,95)(H,96,97,98);2*1-4H2. The number of nitrogens with two attached hydrogens (primary N) is 4. The predicted molar refractivity (Wildman–Crippen MR) is 396 cm³/mol. The number of hydrogen-bond acceptors (Lipinski definition) is 24. The molecule has 0 radical (unpaired) electrons. The summed E-state index contributed by atoms with van der Waals surface area (Å²) in [6.45, 7) is 3.36. The molecule has 48 heteroatoms. The van der Waals surface area contributed by atoms with Crippen molar-refractivity contribution in [1.29, 1.82) is 0 Å². The van der Waals surface area contributed by atoms with Crippen LogP contribution < -0.4 is 41.9 Å². The maximum Gasteiger partial charge on any atom is 0.326 e. The number of ether oxygens (including phenoxy) is 4. The molecule has 0 aromatic heterocycles. The molecule has 0 unspecified atom stereocenters. The Morgan fingerprint density at radius 3 is 0.702 bits per heavy atom. The SMILES string of the molecule is CC12N3Cc4c(OCCCS(=O)(=O)O)ccc5ccc(OCCCS(=O)(=O)O)c(c45)CN1C(=O)N1CN4C(=O)N5CN6C(=O)N7CN8C(=O)N9Cc%10c(OCCCS(=O)(=O)O)ccc%11ccc(OCCCS(=O)(=O)O)c(c%10%11)CN%10C(=O)N(CN%11C(=O)N(CN%12C(=O)N(CN(C3=O)C12C)C4C%125)C6C%117)C8(C)C%109C.NCCN.NCCN. The molecule has 13 heterocycles. The van der Waals surface area contributed by atoms with Gasteiger partial charge in [0.2, 0.25) is 0 Å². The van der Waals surface area contributed by atoms with Gasteiger partial charge in [-0.3, -0.25) is 96.6 Å². The molecule has 114 heavy (non-hydrogen) atoms. The Bertz CT molecular complexity index is 4630. The lowest BCUT2D eigenvalue weighted by Crippen LogP contribution is -2.69. The second-order valence-corrected chi connectivity index (χ2v) is 36.4. The van der Waals surface area contributed by atoms with Gasteiger partial charge in [0.1, 0.15) is 63.0 Å². The molecule has 0 aliphatic carbocycles. The van der Waals surface area contributed by atoms with Gasteiger partial charge in [-0.2, -0.15) is 33.7 Å². The molecule has 16 amide bonds. The normalized spacial score (nSPS) is 26.9. The minimum Gasteiger partial charge on any atom is -0.493 e. The minimum atomic E-state index is -4.40. The second-order valence-electron chi connectivity index (χ2n) is 30.1. The third-order valence-corrected chi connectivity index (χ3v) is 27.3. The van der Waals surface area contributed by atoms with Gasteiger partial charge in [0.25, 0.3) is 40.5 Å². The highest BCUT2D eigenvalue weighted by atomic mass is 32.2. The van der Waals surface area contributed by atoms with Gasteiger partial charge in [-0.05, 0) is 99.2 Å². The van der Waals surface area contributed by atoms with E-state index in [9.17, 15) is 51.9 Å². The smallest absolute Gasteiger partial charge is 0.326 e. The molecular formula is C66H88N20O24S4. The number of rotatable bonds is 22. The molecule has 0 saturated carbocycles. The van der Waals surface area contributed by atoms with Gasteiger partial charge in [-0.25, -0.2) is 38.4 Å². The maximum absolute atomic E-state index is 15.9. The second kappa shape index (κ2) is 28.0. The number of urea groups is 8. The predicted octanol–water partition coefficient (Wildman–Crippen LogP) is 0.0106. The van der Waals surface area contributed by atoms with Crippen LogP contribution in [0.4, 0.5) is 38.4 Å². The van der Waals surface area contributed by atoms with Crippen LogP contribution >= 0.6 is 0 Å². The summed E-state index contributed by atoms with van der Waals surface area (Å²) in [5.41, 5.74) is 14.1. The van der Waals surface area contributed by atoms with E-state index in [0.29, 0.717) is 70.0 Å². The Morgan fingerprint density at radius 2 is 0.509 bits per heavy atom. The molecule has 12 N–H and O–H groups in total. The Morgan fingerprint density at radius 1 is 0.316 bits per heavy atom. The quantitative estimate of drug-likeness (QED) is 0.0379. The van der Waals surface area contributed by atoms with E-state index in [1.807, 2.05) is 0 Å². The molecule has 4 aromatic carbocycles. The average molecular weight is 1670 g/mol. The molecule has 13 aliphatic rings. The van der Waals surface area contributed by atoms with Crippen LogP contribution in [0.1, 0.15) is 75.6 Å². The Hall–Kier alpha value is -9.76. The molecule has 11 saturated heterocycles. The molecule has 13 aliphatic heterocycles. The van der Waals surface area contributed by atoms with Crippen LogP contribution in [0.25, 0.3) is 21.5 Å². The van der Waals surface area contributed by atoms with E-state index in [2.05, 4.69) is 0 Å². The first-order valence-electron chi connectivity index (χ1n) is 36.7. The van der Waals surface area contributed by atoms with Gasteiger partial charge in [-0.1, -0.05) is 24.3 Å². The van der Waals surface area contributed by atoms with Crippen LogP contribution in [-0.2, 0) is 66.7 Å². The van der Waals surface area contributed by atoms with Gasteiger partial charge in [-0.15, -0.1) is 0 Å². The van der Waals surface area contributed by atoms with Crippen molar-refractivity contribution in [3.05, 3.63) is 70.8 Å². The highest BCUT2D eigenvalue weighted by molar-refractivity contribution is 7.86. The number of carbonyl (C=O) groups excluding carboxylic acids is 8. The van der Waals surface area contributed by atoms with Crippen molar-refractivity contribution < 1.29 is 109 Å². The molecular weight excluding hydrogens is 1590 g/mol. The molecule has 0 atom stereocenters. The van der Waals surface area contributed by atoms with Crippen LogP contribution in [0.15, 0.2) is 48.5 Å². The Labute approximate surface area is 653 Å². The van der Waals surface area contributed by atoms with E-state index in [0.717, 1.165) is 0 Å². The van der Waals surface area contributed by atoms with E-state index < -0.39 is 199 Å². The highest BCUT2D eigenvalue weighted by Crippen LogP contribution is 2.60. The average Bonchev–Trinajstić information content (AvgIpc) is 1.49. The summed E-state index contributed by atoms with van der Waals surface area (Å²) < 4.78 is 158. The lowest BCUT2D eigenvalue weighted by molar-refractivity contribution is -0.0887. The molecule has 44 nitrogen and oxygen atoms in total. The maximum atomic E-state index is 15.9. The first-order chi connectivity index (χ1) is 53.7. The van der Waals surface area contributed by atoms with Crippen LogP contribution in [0.3, 0.4) is 0 Å². The molecule has 620 valence electrons. The molecule has 17 rings (SSSR count). The highest BCUT2D eigenvalue weighted by Gasteiger charge is 2.80. The van der Waals surface area contributed by atoms with E-state index in [1.54, 1.807) is 76.2 Å². The van der Waals surface area contributed by atoms with Crippen LogP contribution in [0, 0.1) is 0 Å². The van der Waals surface area contributed by atoms with Gasteiger partial charge in [0.15, 0.2) is 47.3 Å². The zero-order valence-electron chi connectivity index (χ0n) is 62.4. The molecule has 4 aromatic rings. The van der Waals surface area contributed by atoms with Gasteiger partial charge >= 0.3 is 48.2 Å². The van der Waals surface area contributed by atoms with Crippen molar-refractivity contribution in [3.63, 3.8) is 0 Å². The number of amides is 16. The first-order valence-corrected chi connectivity index (χ1v) is 43.1. The van der Waals surface area contributed by atoms with Crippen molar-refractivity contribution in [3.8, 4) is 23.0 Å². The van der Waals surface area contributed by atoms with E-state index >= 15 is 38.4 Å². The Balaban J connectivity index is 0.00000122. The third-order valence-electron chi connectivity index (χ3n) is 24.1. The van der Waals surface area contributed by atoms with Crippen LogP contribution in [-0.4, -0.2) is 341 Å². The van der Waals surface area contributed by atoms with Crippen molar-refractivity contribution in [1.82, 2.24) is 78.4 Å². The Kier molecular flexibility index (Phi) is 19.5. The summed E-state index contributed by atoms with van der Waals surface area (Å²) in [6.07, 6.45) is -5.86. The van der Waals surface area contributed by atoms with Crippen molar-refractivity contribution in [2.24, 2.45) is 22.9 Å². The summed E-state index contributed by atoms with van der Waals surface area (Å²) in [5.74, 6) is -1.80. The van der Waals surface area contributed by atoms with E-state index in [1.165, 1.54) is 78.4 Å². The number of hydrogen-bond donors (Lipinski definition) is 8. The van der Waals surface area contributed by atoms with E-state index in [4.69, 9.17) is 41.9 Å². The zero-order chi connectivity index (χ0) is 82.0. The fourth-order valence-electron chi connectivity index (χ4n) is 18.6. The molecule has 0 bridgehead atoms. The summed E-state index contributed by atoms with van der Waals surface area (Å²) in [5, 5.41) is 2.05. The summed E-state index contributed by atoms with van der Waals surface area (Å²) in [4.78, 5) is 149. The number of carbonyl (C=O) groups is 8.